The van der Waals surface area contributed by atoms with Crippen molar-refractivity contribution in [2.45, 2.75) is 23.8 Å². The molecule has 0 saturated carbocycles. The van der Waals surface area contributed by atoms with Crippen molar-refractivity contribution in [3.05, 3.63) is 48.3 Å². The number of likely N-dealkylation sites (tertiary alicyclic amines) is 1. The van der Waals surface area contributed by atoms with Gasteiger partial charge in [-0.3, -0.25) is 4.90 Å². The second kappa shape index (κ2) is 6.76. The Morgan fingerprint density at radius 3 is 2.91 bits per heavy atom. The van der Waals surface area contributed by atoms with Gasteiger partial charge in [0.25, 0.3) is 0 Å². The van der Waals surface area contributed by atoms with Gasteiger partial charge >= 0.3 is 0 Å². The van der Waals surface area contributed by atoms with Crippen LogP contribution in [0.25, 0.3) is 0 Å². The molecule has 0 amide bonds. The zero-order valence-electron chi connectivity index (χ0n) is 13.2. The molecular weight excluding hydrogens is 312 g/mol. The van der Waals surface area contributed by atoms with Crippen molar-refractivity contribution in [3.63, 3.8) is 0 Å². The fraction of sp³-hybridized carbons (Fsp3) is 0.412. The summed E-state index contributed by atoms with van der Waals surface area (Å²) in [7, 11) is -3.20. The number of sulfone groups is 1. The Hall–Kier alpha value is -1.79. The number of aromatic amines is 1. The van der Waals surface area contributed by atoms with Crippen LogP contribution in [-0.2, 0) is 9.84 Å². The molecule has 3 rings (SSSR count). The van der Waals surface area contributed by atoms with Gasteiger partial charge in [0.05, 0.1) is 4.90 Å². The quantitative estimate of drug-likeness (QED) is 0.882. The number of H-pyrrole nitrogens is 1. The first-order chi connectivity index (χ1) is 11.0. The Kier molecular flexibility index (Phi) is 4.73. The summed E-state index contributed by atoms with van der Waals surface area (Å²) in [6.45, 7) is 2.44. The number of nitrogens with zero attached hydrogens (tertiary/aromatic N) is 1. The SMILES string of the molecule is CS(=O)(=O)c1cccc(OCCN2CCC[C@H]2c2ccc[nH]2)c1. The summed E-state index contributed by atoms with van der Waals surface area (Å²) in [5, 5.41) is 0. The number of nitrogens with one attached hydrogen (secondary N) is 1. The van der Waals surface area contributed by atoms with Gasteiger partial charge in [0, 0.05) is 30.7 Å². The Morgan fingerprint density at radius 2 is 2.17 bits per heavy atom. The average molecular weight is 334 g/mol. The van der Waals surface area contributed by atoms with Crippen LogP contribution in [-0.4, -0.2) is 44.3 Å². The Labute approximate surface area is 137 Å². The maximum Gasteiger partial charge on any atom is 0.175 e. The van der Waals surface area contributed by atoms with Crippen LogP contribution in [0.3, 0.4) is 0 Å². The fourth-order valence-electron chi connectivity index (χ4n) is 3.07. The maximum atomic E-state index is 11.6. The number of rotatable bonds is 6. The van der Waals surface area contributed by atoms with Crippen molar-refractivity contribution >= 4 is 9.84 Å². The van der Waals surface area contributed by atoms with E-state index in [2.05, 4.69) is 16.0 Å². The Morgan fingerprint density at radius 1 is 1.30 bits per heavy atom. The maximum absolute atomic E-state index is 11.6. The van der Waals surface area contributed by atoms with Gasteiger partial charge in [-0.05, 0) is 49.7 Å². The summed E-state index contributed by atoms with van der Waals surface area (Å²) in [6.07, 6.45) is 5.51. The zero-order valence-corrected chi connectivity index (χ0v) is 14.1. The number of aromatic nitrogens is 1. The van der Waals surface area contributed by atoms with Gasteiger partial charge in [0.1, 0.15) is 12.4 Å². The minimum atomic E-state index is -3.20. The first kappa shape index (κ1) is 16.1. The monoisotopic (exact) mass is 334 g/mol. The molecule has 0 radical (unpaired) electrons. The molecule has 2 aromatic rings. The lowest BCUT2D eigenvalue weighted by atomic mass is 10.1. The molecule has 6 heteroatoms. The minimum Gasteiger partial charge on any atom is -0.492 e. The van der Waals surface area contributed by atoms with Gasteiger partial charge in [0.2, 0.25) is 0 Å². The minimum absolute atomic E-state index is 0.292. The molecule has 1 aromatic carbocycles. The van der Waals surface area contributed by atoms with E-state index in [-0.39, 0.29) is 0 Å². The number of hydrogen-bond acceptors (Lipinski definition) is 4. The standard InChI is InChI=1S/C17H22N2O3S/c1-23(20,21)15-6-2-5-14(13-15)22-12-11-19-10-4-8-17(19)16-7-3-9-18-16/h2-3,5-7,9,13,17-18H,4,8,10-12H2,1H3/t17-/m0/s1. The van der Waals surface area contributed by atoms with Crippen molar-refractivity contribution in [1.82, 2.24) is 9.88 Å². The van der Waals surface area contributed by atoms with Crippen LogP contribution in [0, 0.1) is 0 Å². The largest absolute Gasteiger partial charge is 0.492 e. The lowest BCUT2D eigenvalue weighted by molar-refractivity contribution is 0.195. The highest BCUT2D eigenvalue weighted by Gasteiger charge is 2.26. The summed E-state index contributed by atoms with van der Waals surface area (Å²) in [5.41, 5.74) is 1.25. The van der Waals surface area contributed by atoms with E-state index in [1.165, 1.54) is 18.4 Å². The number of benzene rings is 1. The molecule has 1 fully saturated rings. The molecule has 2 heterocycles. The smallest absolute Gasteiger partial charge is 0.175 e. The van der Waals surface area contributed by atoms with Gasteiger partial charge in [-0.1, -0.05) is 6.07 Å². The van der Waals surface area contributed by atoms with Crippen molar-refractivity contribution < 1.29 is 13.2 Å². The summed E-state index contributed by atoms with van der Waals surface area (Å²) >= 11 is 0. The molecule has 124 valence electrons. The molecule has 1 aromatic heterocycles. The molecule has 5 nitrogen and oxygen atoms in total. The molecule has 1 saturated heterocycles. The molecular formula is C17H22N2O3S. The van der Waals surface area contributed by atoms with Crippen LogP contribution < -0.4 is 4.74 Å². The van der Waals surface area contributed by atoms with Crippen molar-refractivity contribution in [2.24, 2.45) is 0 Å². The molecule has 1 atom stereocenters. The van der Waals surface area contributed by atoms with Gasteiger partial charge in [-0.15, -0.1) is 0 Å². The predicted molar refractivity (Wildman–Crippen MR) is 89.4 cm³/mol. The van der Waals surface area contributed by atoms with Gasteiger partial charge < -0.3 is 9.72 Å². The highest BCUT2D eigenvalue weighted by atomic mass is 32.2. The van der Waals surface area contributed by atoms with Crippen LogP contribution in [0.1, 0.15) is 24.6 Å². The van der Waals surface area contributed by atoms with E-state index in [9.17, 15) is 8.42 Å². The topological polar surface area (TPSA) is 62.4 Å². The Bertz CT molecular complexity index is 741. The number of hydrogen-bond donors (Lipinski definition) is 1. The summed E-state index contributed by atoms with van der Waals surface area (Å²) in [6, 6.07) is 11.3. The molecule has 0 aliphatic carbocycles. The van der Waals surface area contributed by atoms with E-state index < -0.39 is 9.84 Å². The molecule has 1 N–H and O–H groups in total. The summed E-state index contributed by atoms with van der Waals surface area (Å²) in [4.78, 5) is 5.99. The lowest BCUT2D eigenvalue weighted by Gasteiger charge is -2.23. The summed E-state index contributed by atoms with van der Waals surface area (Å²) in [5.74, 6) is 0.601. The second-order valence-corrected chi connectivity index (χ2v) is 7.93. The van der Waals surface area contributed by atoms with Crippen molar-refractivity contribution in [3.8, 4) is 5.75 Å². The van der Waals surface area contributed by atoms with Crippen LogP contribution in [0.2, 0.25) is 0 Å². The van der Waals surface area contributed by atoms with E-state index in [0.717, 1.165) is 19.5 Å². The molecule has 1 aliphatic heterocycles. The highest BCUT2D eigenvalue weighted by Crippen LogP contribution is 2.30. The third-order valence-corrected chi connectivity index (χ3v) is 5.34. The van der Waals surface area contributed by atoms with E-state index in [4.69, 9.17) is 4.74 Å². The summed E-state index contributed by atoms with van der Waals surface area (Å²) < 4.78 is 28.9. The van der Waals surface area contributed by atoms with E-state index in [0.29, 0.717) is 23.3 Å². The zero-order chi connectivity index (χ0) is 16.3. The van der Waals surface area contributed by atoms with E-state index in [1.807, 2.05) is 12.3 Å². The fourth-order valence-corrected chi connectivity index (χ4v) is 3.73. The third kappa shape index (κ3) is 3.95. The molecule has 0 spiro atoms. The third-order valence-electron chi connectivity index (χ3n) is 4.23. The molecule has 0 unspecified atom stereocenters. The molecule has 1 aliphatic rings. The van der Waals surface area contributed by atoms with E-state index >= 15 is 0 Å². The van der Waals surface area contributed by atoms with Crippen LogP contribution >= 0.6 is 0 Å². The first-order valence-electron chi connectivity index (χ1n) is 7.84. The van der Waals surface area contributed by atoms with Crippen molar-refractivity contribution in [2.75, 3.05) is 26.0 Å². The van der Waals surface area contributed by atoms with Gasteiger partial charge in [-0.2, -0.15) is 0 Å². The van der Waals surface area contributed by atoms with Gasteiger partial charge in [-0.25, -0.2) is 8.42 Å². The van der Waals surface area contributed by atoms with Crippen LogP contribution in [0.4, 0.5) is 0 Å². The van der Waals surface area contributed by atoms with Crippen molar-refractivity contribution in [1.29, 1.82) is 0 Å². The number of ether oxygens (including phenoxy) is 1. The van der Waals surface area contributed by atoms with Gasteiger partial charge in [0.15, 0.2) is 9.84 Å². The van der Waals surface area contributed by atoms with Crippen LogP contribution in [0.5, 0.6) is 5.75 Å². The molecule has 0 bridgehead atoms. The predicted octanol–water partition coefficient (Wildman–Crippen LogP) is 2.63. The second-order valence-electron chi connectivity index (χ2n) is 5.91. The first-order valence-corrected chi connectivity index (χ1v) is 9.73. The average Bonchev–Trinajstić information content (AvgIpc) is 3.17. The molecule has 23 heavy (non-hydrogen) atoms. The highest BCUT2D eigenvalue weighted by molar-refractivity contribution is 7.90. The van der Waals surface area contributed by atoms with Crippen LogP contribution in [0.15, 0.2) is 47.5 Å². The Balaban J connectivity index is 1.57. The normalized spacial score (nSPS) is 19.1. The van der Waals surface area contributed by atoms with E-state index in [1.54, 1.807) is 24.3 Å². The lowest BCUT2D eigenvalue weighted by Crippen LogP contribution is -2.28.